The first-order valence-corrected chi connectivity index (χ1v) is 7.91. The van der Waals surface area contributed by atoms with Crippen LogP contribution in [0.25, 0.3) is 0 Å². The predicted octanol–water partition coefficient (Wildman–Crippen LogP) is 0.853. The second-order valence-corrected chi connectivity index (χ2v) is 6.54. The van der Waals surface area contributed by atoms with Crippen LogP contribution < -0.4 is 5.32 Å². The van der Waals surface area contributed by atoms with Crippen molar-refractivity contribution in [1.29, 1.82) is 0 Å². The number of hydrogen-bond acceptors (Lipinski definition) is 5. The first-order valence-electron chi connectivity index (χ1n) is 5.98. The van der Waals surface area contributed by atoms with Crippen molar-refractivity contribution < 1.29 is 19.5 Å². The van der Waals surface area contributed by atoms with E-state index in [1.54, 1.807) is 24.4 Å². The van der Waals surface area contributed by atoms with Crippen LogP contribution in [-0.2, 0) is 9.59 Å². The Hall–Kier alpha value is -1.54. The Bertz CT molecular complexity index is 518. The summed E-state index contributed by atoms with van der Waals surface area (Å²) in [6.07, 6.45) is 0. The van der Waals surface area contributed by atoms with Crippen molar-refractivity contribution in [3.05, 3.63) is 22.4 Å². The molecule has 8 heteroatoms. The SMILES string of the molecule is CC1SCC(C(=O)O)N1C(=O)CNC(=O)c1cccs1. The number of nitrogens with zero attached hydrogens (tertiary/aromatic N) is 1. The summed E-state index contributed by atoms with van der Waals surface area (Å²) in [5, 5.41) is 13.2. The topological polar surface area (TPSA) is 86.7 Å². The number of aliphatic carboxylic acids is 1. The fourth-order valence-corrected chi connectivity index (χ4v) is 3.78. The molecule has 1 aliphatic rings. The second-order valence-electron chi connectivity index (χ2n) is 4.25. The van der Waals surface area contributed by atoms with Crippen LogP contribution in [0.4, 0.5) is 0 Å². The lowest BCUT2D eigenvalue weighted by atomic mass is 10.2. The van der Waals surface area contributed by atoms with E-state index in [0.717, 1.165) is 0 Å². The van der Waals surface area contributed by atoms with Crippen LogP contribution in [0.3, 0.4) is 0 Å². The molecule has 2 N–H and O–H groups in total. The molecule has 6 nitrogen and oxygen atoms in total. The Morgan fingerprint density at radius 1 is 1.50 bits per heavy atom. The Labute approximate surface area is 124 Å². The van der Waals surface area contributed by atoms with Gasteiger partial charge in [0, 0.05) is 5.75 Å². The number of amides is 2. The van der Waals surface area contributed by atoms with E-state index < -0.39 is 12.0 Å². The lowest BCUT2D eigenvalue weighted by Gasteiger charge is -2.25. The van der Waals surface area contributed by atoms with Gasteiger partial charge in [-0.25, -0.2) is 4.79 Å². The zero-order chi connectivity index (χ0) is 14.7. The highest BCUT2D eigenvalue weighted by Gasteiger charge is 2.39. The maximum Gasteiger partial charge on any atom is 0.327 e. The van der Waals surface area contributed by atoms with Gasteiger partial charge in [0.2, 0.25) is 5.91 Å². The van der Waals surface area contributed by atoms with Crippen molar-refractivity contribution in [1.82, 2.24) is 10.2 Å². The molecule has 20 heavy (non-hydrogen) atoms. The molecule has 0 bridgehead atoms. The quantitative estimate of drug-likeness (QED) is 0.860. The third kappa shape index (κ3) is 3.13. The molecular formula is C12H14N2O4S2. The monoisotopic (exact) mass is 314 g/mol. The van der Waals surface area contributed by atoms with Crippen LogP contribution in [0.1, 0.15) is 16.6 Å². The number of carbonyl (C=O) groups excluding carboxylic acids is 2. The van der Waals surface area contributed by atoms with E-state index in [9.17, 15) is 14.4 Å². The van der Waals surface area contributed by atoms with Crippen molar-refractivity contribution in [2.45, 2.75) is 18.3 Å². The zero-order valence-corrected chi connectivity index (χ0v) is 12.4. The van der Waals surface area contributed by atoms with Crippen molar-refractivity contribution in [2.24, 2.45) is 0 Å². The summed E-state index contributed by atoms with van der Waals surface area (Å²) in [5.74, 6) is -1.33. The van der Waals surface area contributed by atoms with E-state index in [2.05, 4.69) is 5.32 Å². The fraction of sp³-hybridized carbons (Fsp3) is 0.417. The number of carbonyl (C=O) groups is 3. The molecule has 1 aliphatic heterocycles. The van der Waals surface area contributed by atoms with E-state index in [-0.39, 0.29) is 23.7 Å². The molecule has 2 unspecified atom stereocenters. The molecule has 0 aliphatic carbocycles. The van der Waals surface area contributed by atoms with Crippen molar-refractivity contribution in [2.75, 3.05) is 12.3 Å². The molecule has 0 spiro atoms. The molecule has 2 amide bonds. The van der Waals surface area contributed by atoms with Gasteiger partial charge in [0.05, 0.1) is 16.8 Å². The number of carboxylic acid groups (broad SMARTS) is 1. The molecule has 1 fully saturated rings. The summed E-state index contributed by atoms with van der Waals surface area (Å²) in [7, 11) is 0. The standard InChI is InChI=1S/C12H14N2O4S2/c1-7-14(8(6-20-7)12(17)18)10(15)5-13-11(16)9-3-2-4-19-9/h2-4,7-8H,5-6H2,1H3,(H,13,16)(H,17,18). The highest BCUT2D eigenvalue weighted by Crippen LogP contribution is 2.28. The van der Waals surface area contributed by atoms with Crippen LogP contribution in [0.5, 0.6) is 0 Å². The number of rotatable bonds is 4. The fourth-order valence-electron chi connectivity index (χ4n) is 1.95. The lowest BCUT2D eigenvalue weighted by Crippen LogP contribution is -2.48. The number of hydrogen-bond donors (Lipinski definition) is 2. The Morgan fingerprint density at radius 2 is 2.25 bits per heavy atom. The largest absolute Gasteiger partial charge is 0.480 e. The van der Waals surface area contributed by atoms with Crippen LogP contribution in [0.15, 0.2) is 17.5 Å². The minimum atomic E-state index is -1.01. The van der Waals surface area contributed by atoms with E-state index >= 15 is 0 Å². The number of thiophene rings is 1. The molecule has 2 atom stereocenters. The van der Waals surface area contributed by atoms with Gasteiger partial charge in [-0.2, -0.15) is 0 Å². The summed E-state index contributed by atoms with van der Waals surface area (Å²) in [4.78, 5) is 36.8. The predicted molar refractivity (Wildman–Crippen MR) is 76.8 cm³/mol. The van der Waals surface area contributed by atoms with E-state index in [4.69, 9.17) is 5.11 Å². The summed E-state index contributed by atoms with van der Waals surface area (Å²) in [6.45, 7) is 1.60. The average molecular weight is 314 g/mol. The first-order chi connectivity index (χ1) is 9.50. The van der Waals surface area contributed by atoms with Gasteiger partial charge < -0.3 is 15.3 Å². The van der Waals surface area contributed by atoms with Gasteiger partial charge in [-0.15, -0.1) is 23.1 Å². The van der Waals surface area contributed by atoms with Gasteiger partial charge in [0.25, 0.3) is 5.91 Å². The van der Waals surface area contributed by atoms with Gasteiger partial charge in [0.15, 0.2) is 0 Å². The number of thioether (sulfide) groups is 1. The minimum Gasteiger partial charge on any atom is -0.480 e. The maximum atomic E-state index is 12.1. The summed E-state index contributed by atoms with van der Waals surface area (Å²) >= 11 is 2.70. The molecule has 2 heterocycles. The van der Waals surface area contributed by atoms with Gasteiger partial charge in [0.1, 0.15) is 6.04 Å². The molecule has 108 valence electrons. The van der Waals surface area contributed by atoms with Crippen molar-refractivity contribution in [3.63, 3.8) is 0 Å². The molecule has 0 radical (unpaired) electrons. The minimum absolute atomic E-state index is 0.189. The van der Waals surface area contributed by atoms with Gasteiger partial charge in [-0.05, 0) is 18.4 Å². The van der Waals surface area contributed by atoms with E-state index in [1.807, 2.05) is 0 Å². The molecule has 1 saturated heterocycles. The third-order valence-electron chi connectivity index (χ3n) is 2.94. The smallest absolute Gasteiger partial charge is 0.327 e. The van der Waals surface area contributed by atoms with Gasteiger partial charge in [-0.1, -0.05) is 6.07 Å². The van der Waals surface area contributed by atoms with Crippen LogP contribution >= 0.6 is 23.1 Å². The Kier molecular flexibility index (Phi) is 4.66. The Morgan fingerprint density at radius 3 is 2.85 bits per heavy atom. The highest BCUT2D eigenvalue weighted by molar-refractivity contribution is 8.00. The van der Waals surface area contributed by atoms with E-state index in [0.29, 0.717) is 10.6 Å². The van der Waals surface area contributed by atoms with Crippen LogP contribution in [0, 0.1) is 0 Å². The molecular weight excluding hydrogens is 300 g/mol. The van der Waals surface area contributed by atoms with Crippen LogP contribution in [0.2, 0.25) is 0 Å². The van der Waals surface area contributed by atoms with Crippen molar-refractivity contribution >= 4 is 40.9 Å². The summed E-state index contributed by atoms with van der Waals surface area (Å²) in [6, 6.07) is 2.60. The molecule has 1 aromatic heterocycles. The average Bonchev–Trinajstić information content (AvgIpc) is 3.04. The highest BCUT2D eigenvalue weighted by atomic mass is 32.2. The lowest BCUT2D eigenvalue weighted by molar-refractivity contribution is -0.148. The molecule has 0 aromatic carbocycles. The first kappa shape index (κ1) is 14.9. The van der Waals surface area contributed by atoms with Gasteiger partial charge >= 0.3 is 5.97 Å². The Balaban J connectivity index is 1.94. The third-order valence-corrected chi connectivity index (χ3v) is 5.03. The van der Waals surface area contributed by atoms with Crippen molar-refractivity contribution in [3.8, 4) is 0 Å². The van der Waals surface area contributed by atoms with Gasteiger partial charge in [-0.3, -0.25) is 9.59 Å². The normalized spacial score (nSPS) is 21.8. The maximum absolute atomic E-state index is 12.1. The molecule has 0 saturated carbocycles. The second kappa shape index (κ2) is 6.27. The zero-order valence-electron chi connectivity index (χ0n) is 10.7. The number of carboxylic acids is 1. The molecule has 1 aromatic rings. The van der Waals surface area contributed by atoms with Crippen LogP contribution in [-0.4, -0.2) is 51.5 Å². The summed E-state index contributed by atoms with van der Waals surface area (Å²) < 4.78 is 0. The number of nitrogens with one attached hydrogen (secondary N) is 1. The summed E-state index contributed by atoms with van der Waals surface area (Å²) in [5.41, 5.74) is 0. The molecule has 2 rings (SSSR count). The van der Waals surface area contributed by atoms with E-state index in [1.165, 1.54) is 28.0 Å².